The van der Waals surface area contributed by atoms with E-state index in [4.69, 9.17) is 4.74 Å². The van der Waals surface area contributed by atoms with Crippen LogP contribution >= 0.6 is 0 Å². The van der Waals surface area contributed by atoms with Crippen molar-refractivity contribution in [1.82, 2.24) is 9.21 Å². The standard InChI is InChI=1S/C20H30N2O4S/c1-4-27(24,25)22-11-12-26-14-18-13-21(10-9-19(18)22)20(23)17-7-5-16(6-8-17)15(2)3/h5-8,15,18-19H,4,9-14H2,1-3H3/t18-,19-/m1/s1. The van der Waals surface area contributed by atoms with Gasteiger partial charge in [-0.2, -0.15) is 4.31 Å². The number of piperidine rings is 1. The molecule has 2 atom stereocenters. The third-order valence-corrected chi connectivity index (χ3v) is 7.58. The third kappa shape index (κ3) is 4.36. The predicted molar refractivity (Wildman–Crippen MR) is 105 cm³/mol. The van der Waals surface area contributed by atoms with Gasteiger partial charge in [0, 0.05) is 37.2 Å². The largest absolute Gasteiger partial charge is 0.380 e. The summed E-state index contributed by atoms with van der Waals surface area (Å²) in [5, 5.41) is 0. The Morgan fingerprint density at radius 1 is 1.22 bits per heavy atom. The fourth-order valence-electron chi connectivity index (χ4n) is 4.01. The number of amides is 1. The van der Waals surface area contributed by atoms with Crippen molar-refractivity contribution in [2.75, 3.05) is 38.6 Å². The van der Waals surface area contributed by atoms with Gasteiger partial charge >= 0.3 is 0 Å². The van der Waals surface area contributed by atoms with Gasteiger partial charge in [-0.3, -0.25) is 4.79 Å². The lowest BCUT2D eigenvalue weighted by atomic mass is 9.92. The van der Waals surface area contributed by atoms with Gasteiger partial charge in [0.05, 0.1) is 19.0 Å². The zero-order valence-corrected chi connectivity index (χ0v) is 17.2. The van der Waals surface area contributed by atoms with Gasteiger partial charge in [0.1, 0.15) is 0 Å². The number of hydrogen-bond donors (Lipinski definition) is 0. The number of fused-ring (bicyclic) bond motifs is 1. The van der Waals surface area contributed by atoms with Crippen LogP contribution in [-0.2, 0) is 14.8 Å². The highest BCUT2D eigenvalue weighted by molar-refractivity contribution is 7.89. The summed E-state index contributed by atoms with van der Waals surface area (Å²) in [6.07, 6.45) is 0.656. The maximum atomic E-state index is 12.9. The van der Waals surface area contributed by atoms with Gasteiger partial charge in [-0.25, -0.2) is 8.42 Å². The second-order valence-electron chi connectivity index (χ2n) is 7.73. The van der Waals surface area contributed by atoms with Gasteiger partial charge in [-0.1, -0.05) is 26.0 Å². The van der Waals surface area contributed by atoms with Gasteiger partial charge in [-0.05, 0) is 37.0 Å². The Morgan fingerprint density at radius 3 is 2.56 bits per heavy atom. The van der Waals surface area contributed by atoms with E-state index in [0.29, 0.717) is 50.8 Å². The number of benzene rings is 1. The molecule has 2 heterocycles. The summed E-state index contributed by atoms with van der Waals surface area (Å²) in [4.78, 5) is 14.8. The second kappa shape index (κ2) is 8.29. The zero-order chi connectivity index (χ0) is 19.6. The van der Waals surface area contributed by atoms with Crippen molar-refractivity contribution < 1.29 is 17.9 Å². The average molecular weight is 395 g/mol. The minimum absolute atomic E-state index is 0.0119. The molecule has 2 aliphatic heterocycles. The normalized spacial score (nSPS) is 24.5. The summed E-state index contributed by atoms with van der Waals surface area (Å²) in [5.41, 5.74) is 1.90. The van der Waals surface area contributed by atoms with Crippen molar-refractivity contribution in [1.29, 1.82) is 0 Å². The van der Waals surface area contributed by atoms with Gasteiger partial charge in [0.15, 0.2) is 0 Å². The molecule has 1 aromatic carbocycles. The number of nitrogens with zero attached hydrogens (tertiary/aromatic N) is 2. The van der Waals surface area contributed by atoms with Crippen molar-refractivity contribution >= 4 is 15.9 Å². The molecular formula is C20H30N2O4S. The van der Waals surface area contributed by atoms with Crippen LogP contribution in [0.1, 0.15) is 49.0 Å². The Labute approximate surface area is 162 Å². The van der Waals surface area contributed by atoms with Crippen LogP contribution in [0, 0.1) is 5.92 Å². The smallest absolute Gasteiger partial charge is 0.253 e. The predicted octanol–water partition coefficient (Wildman–Crippen LogP) is 2.32. The first-order chi connectivity index (χ1) is 12.8. The summed E-state index contributed by atoms with van der Waals surface area (Å²) < 4.78 is 32.2. The van der Waals surface area contributed by atoms with E-state index < -0.39 is 10.0 Å². The van der Waals surface area contributed by atoms with Crippen LogP contribution in [0.5, 0.6) is 0 Å². The van der Waals surface area contributed by atoms with Crippen molar-refractivity contribution in [3.8, 4) is 0 Å². The van der Waals surface area contributed by atoms with E-state index in [0.717, 1.165) is 0 Å². The first-order valence-electron chi connectivity index (χ1n) is 9.80. The topological polar surface area (TPSA) is 66.9 Å². The highest BCUT2D eigenvalue weighted by Gasteiger charge is 2.40. The van der Waals surface area contributed by atoms with Crippen molar-refractivity contribution in [3.05, 3.63) is 35.4 Å². The monoisotopic (exact) mass is 394 g/mol. The maximum Gasteiger partial charge on any atom is 0.253 e. The lowest BCUT2D eigenvalue weighted by Crippen LogP contribution is -2.54. The van der Waals surface area contributed by atoms with E-state index >= 15 is 0 Å². The average Bonchev–Trinajstić information content (AvgIpc) is 2.89. The summed E-state index contributed by atoms with van der Waals surface area (Å²) in [6.45, 7) is 8.35. The summed E-state index contributed by atoms with van der Waals surface area (Å²) >= 11 is 0. The first-order valence-corrected chi connectivity index (χ1v) is 11.4. The van der Waals surface area contributed by atoms with Crippen LogP contribution in [0.25, 0.3) is 0 Å². The van der Waals surface area contributed by atoms with Gasteiger partial charge in [0.25, 0.3) is 5.91 Å². The van der Waals surface area contributed by atoms with Crippen LogP contribution < -0.4 is 0 Å². The molecule has 1 amide bonds. The zero-order valence-electron chi connectivity index (χ0n) is 16.4. The van der Waals surface area contributed by atoms with Gasteiger partial charge in [0.2, 0.25) is 10.0 Å². The molecule has 0 aromatic heterocycles. The highest BCUT2D eigenvalue weighted by atomic mass is 32.2. The molecule has 6 nitrogen and oxygen atoms in total. The molecule has 1 aromatic rings. The van der Waals surface area contributed by atoms with Crippen LogP contribution in [0.2, 0.25) is 0 Å². The molecule has 2 saturated heterocycles. The fourth-order valence-corrected chi connectivity index (χ4v) is 5.38. The number of ether oxygens (including phenoxy) is 1. The molecule has 0 spiro atoms. The second-order valence-corrected chi connectivity index (χ2v) is 9.94. The highest BCUT2D eigenvalue weighted by Crippen LogP contribution is 2.28. The molecule has 0 N–H and O–H groups in total. The quantitative estimate of drug-likeness (QED) is 0.786. The molecule has 7 heteroatoms. The number of rotatable bonds is 4. The lowest BCUT2D eigenvalue weighted by molar-refractivity contribution is 0.0467. The van der Waals surface area contributed by atoms with E-state index in [2.05, 4.69) is 13.8 Å². The number of carbonyl (C=O) groups is 1. The summed E-state index contributed by atoms with van der Waals surface area (Å²) in [6, 6.07) is 7.72. The Balaban J connectivity index is 1.74. The van der Waals surface area contributed by atoms with E-state index in [9.17, 15) is 13.2 Å². The van der Waals surface area contributed by atoms with E-state index in [1.54, 1.807) is 11.2 Å². The van der Waals surface area contributed by atoms with E-state index in [-0.39, 0.29) is 23.6 Å². The summed E-state index contributed by atoms with van der Waals surface area (Å²) in [7, 11) is -3.27. The van der Waals surface area contributed by atoms with E-state index in [1.165, 1.54) is 5.56 Å². The molecule has 0 unspecified atom stereocenters. The minimum atomic E-state index is -3.27. The molecule has 3 rings (SSSR count). The molecular weight excluding hydrogens is 364 g/mol. The molecule has 2 fully saturated rings. The van der Waals surface area contributed by atoms with Crippen molar-refractivity contribution in [3.63, 3.8) is 0 Å². The van der Waals surface area contributed by atoms with Crippen LogP contribution in [-0.4, -0.2) is 68.2 Å². The molecule has 0 radical (unpaired) electrons. The maximum absolute atomic E-state index is 12.9. The van der Waals surface area contributed by atoms with Gasteiger partial charge < -0.3 is 9.64 Å². The molecule has 0 bridgehead atoms. The molecule has 0 saturated carbocycles. The van der Waals surface area contributed by atoms with E-state index in [1.807, 2.05) is 29.2 Å². The van der Waals surface area contributed by atoms with Crippen LogP contribution in [0.15, 0.2) is 24.3 Å². The Kier molecular flexibility index (Phi) is 6.23. The first kappa shape index (κ1) is 20.3. The fraction of sp³-hybridized carbons (Fsp3) is 0.650. The number of carbonyl (C=O) groups excluding carboxylic acids is 1. The van der Waals surface area contributed by atoms with Gasteiger partial charge in [-0.15, -0.1) is 0 Å². The number of sulfonamides is 1. The Morgan fingerprint density at radius 2 is 1.93 bits per heavy atom. The molecule has 150 valence electrons. The molecule has 2 aliphatic rings. The molecule has 27 heavy (non-hydrogen) atoms. The van der Waals surface area contributed by atoms with Crippen LogP contribution in [0.4, 0.5) is 0 Å². The number of hydrogen-bond acceptors (Lipinski definition) is 4. The minimum Gasteiger partial charge on any atom is -0.380 e. The lowest BCUT2D eigenvalue weighted by Gasteiger charge is -2.41. The van der Waals surface area contributed by atoms with Crippen LogP contribution in [0.3, 0.4) is 0 Å². The molecule has 0 aliphatic carbocycles. The third-order valence-electron chi connectivity index (χ3n) is 5.69. The van der Waals surface area contributed by atoms with Crippen molar-refractivity contribution in [2.45, 2.75) is 39.2 Å². The Hall–Kier alpha value is -1.44. The van der Waals surface area contributed by atoms with Crippen molar-refractivity contribution in [2.24, 2.45) is 5.92 Å². The Bertz CT molecular complexity index is 761. The summed E-state index contributed by atoms with van der Waals surface area (Å²) in [5.74, 6) is 0.556. The number of likely N-dealkylation sites (tertiary alicyclic amines) is 1. The SMILES string of the molecule is CCS(=O)(=O)N1CCOC[C@H]2CN(C(=O)c3ccc(C(C)C)cc3)CC[C@H]21.